The molecule has 1 saturated carbocycles. The number of aliphatic carboxylic acids is 1. The third kappa shape index (κ3) is 3.06. The highest BCUT2D eigenvalue weighted by Crippen LogP contribution is 2.48. The van der Waals surface area contributed by atoms with Crippen molar-refractivity contribution in [2.24, 2.45) is 5.92 Å². The van der Waals surface area contributed by atoms with Gasteiger partial charge in [0.2, 0.25) is 0 Å². The fourth-order valence-corrected chi connectivity index (χ4v) is 2.63. The maximum Gasteiger partial charge on any atom is 0.303 e. The molecule has 104 valence electrons. The molecule has 0 aliphatic heterocycles. The van der Waals surface area contributed by atoms with Gasteiger partial charge in [-0.3, -0.25) is 4.79 Å². The van der Waals surface area contributed by atoms with Crippen molar-refractivity contribution in [3.63, 3.8) is 0 Å². The van der Waals surface area contributed by atoms with Crippen molar-refractivity contribution in [3.05, 3.63) is 29.3 Å². The molecule has 2 atom stereocenters. The molecule has 19 heavy (non-hydrogen) atoms. The summed E-state index contributed by atoms with van der Waals surface area (Å²) in [6.07, 6.45) is 1.03. The average molecular weight is 266 g/mol. The van der Waals surface area contributed by atoms with Crippen molar-refractivity contribution in [1.29, 1.82) is 0 Å². The van der Waals surface area contributed by atoms with Gasteiger partial charge in [-0.1, -0.05) is 18.2 Å². The second kappa shape index (κ2) is 5.59. The summed E-state index contributed by atoms with van der Waals surface area (Å²) in [6.45, 7) is 1.46. The maximum atomic E-state index is 13.6. The fourth-order valence-electron chi connectivity index (χ4n) is 2.63. The van der Waals surface area contributed by atoms with E-state index in [1.165, 1.54) is 14.0 Å². The summed E-state index contributed by atoms with van der Waals surface area (Å²) in [6, 6.07) is 5.33. The van der Waals surface area contributed by atoms with Crippen LogP contribution in [0, 0.1) is 5.92 Å². The lowest BCUT2D eigenvalue weighted by atomic mass is 9.88. The van der Waals surface area contributed by atoms with Crippen molar-refractivity contribution >= 4 is 5.97 Å². The number of rotatable bonds is 6. The van der Waals surface area contributed by atoms with Crippen LogP contribution >= 0.6 is 0 Å². The molecule has 0 saturated heterocycles. The van der Waals surface area contributed by atoms with Crippen molar-refractivity contribution in [2.75, 3.05) is 7.11 Å². The van der Waals surface area contributed by atoms with Crippen molar-refractivity contribution < 1.29 is 19.0 Å². The minimum Gasteiger partial charge on any atom is -0.496 e. The Bertz CT molecular complexity index is 466. The zero-order valence-electron chi connectivity index (χ0n) is 11.2. The molecule has 0 aromatic heterocycles. The first kappa shape index (κ1) is 13.8. The molecule has 1 aliphatic carbocycles. The molecule has 1 aromatic carbocycles. The first-order valence-corrected chi connectivity index (χ1v) is 6.57. The Kier molecular flexibility index (Phi) is 4.08. The summed E-state index contributed by atoms with van der Waals surface area (Å²) < 4.78 is 19.0. The van der Waals surface area contributed by atoms with Crippen LogP contribution in [0.1, 0.15) is 49.4 Å². The van der Waals surface area contributed by atoms with Gasteiger partial charge in [0.15, 0.2) is 0 Å². The van der Waals surface area contributed by atoms with E-state index in [9.17, 15) is 9.18 Å². The molecule has 0 radical (unpaired) electrons. The number of para-hydroxylation sites is 1. The molecule has 1 N–H and O–H groups in total. The Morgan fingerprint density at radius 1 is 1.47 bits per heavy atom. The molecule has 0 bridgehead atoms. The van der Waals surface area contributed by atoms with Gasteiger partial charge in [-0.15, -0.1) is 0 Å². The second-order valence-electron chi connectivity index (χ2n) is 5.13. The highest BCUT2D eigenvalue weighted by Gasteiger charge is 2.36. The van der Waals surface area contributed by atoms with E-state index in [4.69, 9.17) is 9.84 Å². The molecule has 1 aliphatic rings. The van der Waals surface area contributed by atoms with Crippen LogP contribution in [-0.2, 0) is 4.79 Å². The van der Waals surface area contributed by atoms with E-state index in [2.05, 4.69) is 0 Å². The van der Waals surface area contributed by atoms with Crippen LogP contribution in [0.5, 0.6) is 5.75 Å². The monoisotopic (exact) mass is 266 g/mol. The Morgan fingerprint density at radius 2 is 2.11 bits per heavy atom. The normalized spacial score (nSPS) is 17.8. The van der Waals surface area contributed by atoms with Crippen molar-refractivity contribution in [2.45, 2.75) is 38.3 Å². The molecule has 2 rings (SSSR count). The molecule has 3 nitrogen and oxygen atoms in total. The van der Waals surface area contributed by atoms with Gasteiger partial charge in [-0.05, 0) is 31.2 Å². The van der Waals surface area contributed by atoms with Crippen LogP contribution in [0.2, 0.25) is 0 Å². The van der Waals surface area contributed by atoms with E-state index in [1.54, 1.807) is 12.1 Å². The number of carbonyl (C=O) groups is 1. The lowest BCUT2D eigenvalue weighted by Gasteiger charge is -2.20. The zero-order chi connectivity index (χ0) is 14.0. The summed E-state index contributed by atoms with van der Waals surface area (Å²) in [5.74, 6) is -0.00498. The summed E-state index contributed by atoms with van der Waals surface area (Å²) in [7, 11) is 1.51. The van der Waals surface area contributed by atoms with E-state index in [1.807, 2.05) is 6.07 Å². The van der Waals surface area contributed by atoms with Gasteiger partial charge in [0, 0.05) is 11.5 Å². The summed E-state index contributed by atoms with van der Waals surface area (Å²) in [5, 5.41) is 9.05. The van der Waals surface area contributed by atoms with Gasteiger partial charge < -0.3 is 9.84 Å². The molecule has 1 fully saturated rings. The molecule has 4 heteroatoms. The van der Waals surface area contributed by atoms with Gasteiger partial charge >= 0.3 is 5.97 Å². The third-order valence-corrected chi connectivity index (χ3v) is 3.69. The van der Waals surface area contributed by atoms with Gasteiger partial charge in [0.25, 0.3) is 0 Å². The van der Waals surface area contributed by atoms with Crippen LogP contribution in [0.3, 0.4) is 0 Å². The molecule has 0 spiro atoms. The Morgan fingerprint density at radius 3 is 2.58 bits per heavy atom. The maximum absolute atomic E-state index is 13.6. The van der Waals surface area contributed by atoms with Gasteiger partial charge in [-0.25, -0.2) is 4.39 Å². The SMILES string of the molecule is COc1c(C(C)F)cccc1C(CC(=O)O)C1CC1. The first-order valence-electron chi connectivity index (χ1n) is 6.57. The fraction of sp³-hybridized carbons (Fsp3) is 0.533. The third-order valence-electron chi connectivity index (χ3n) is 3.69. The number of ether oxygens (including phenoxy) is 1. The Hall–Kier alpha value is -1.58. The van der Waals surface area contributed by atoms with Crippen LogP contribution in [0.15, 0.2) is 18.2 Å². The summed E-state index contributed by atoms with van der Waals surface area (Å²) in [5.41, 5.74) is 1.32. The smallest absolute Gasteiger partial charge is 0.303 e. The number of hydrogen-bond acceptors (Lipinski definition) is 2. The number of hydrogen-bond donors (Lipinski definition) is 1. The molecular weight excluding hydrogens is 247 g/mol. The van der Waals surface area contributed by atoms with E-state index >= 15 is 0 Å². The van der Waals surface area contributed by atoms with Gasteiger partial charge in [-0.2, -0.15) is 0 Å². The van der Waals surface area contributed by atoms with Gasteiger partial charge in [0.1, 0.15) is 11.9 Å². The number of alkyl halides is 1. The predicted octanol–water partition coefficient (Wildman–Crippen LogP) is 3.69. The summed E-state index contributed by atoms with van der Waals surface area (Å²) in [4.78, 5) is 11.0. The minimum absolute atomic E-state index is 0.0746. The van der Waals surface area contributed by atoms with Crippen LogP contribution < -0.4 is 4.74 Å². The van der Waals surface area contributed by atoms with Crippen molar-refractivity contribution in [1.82, 2.24) is 0 Å². The molecular formula is C15H19FO3. The molecule has 0 heterocycles. The summed E-state index contributed by atoms with van der Waals surface area (Å²) >= 11 is 0. The Labute approximate surface area is 112 Å². The van der Waals surface area contributed by atoms with Crippen molar-refractivity contribution in [3.8, 4) is 5.75 Å². The number of halogens is 1. The van der Waals surface area contributed by atoms with Crippen LogP contribution in [0.4, 0.5) is 4.39 Å². The quantitative estimate of drug-likeness (QED) is 0.854. The van der Waals surface area contributed by atoms with Crippen LogP contribution in [0.25, 0.3) is 0 Å². The highest BCUT2D eigenvalue weighted by atomic mass is 19.1. The number of methoxy groups -OCH3 is 1. The lowest BCUT2D eigenvalue weighted by Crippen LogP contribution is -2.11. The largest absolute Gasteiger partial charge is 0.496 e. The lowest BCUT2D eigenvalue weighted by molar-refractivity contribution is -0.137. The van der Waals surface area contributed by atoms with E-state index < -0.39 is 12.1 Å². The molecule has 2 unspecified atom stereocenters. The molecule has 0 amide bonds. The standard InChI is InChI=1S/C15H19FO3/c1-9(16)11-4-3-5-12(15(11)19-2)13(8-14(17)18)10-6-7-10/h3-5,9-10,13H,6-8H2,1-2H3,(H,17,18). The minimum atomic E-state index is -1.13. The Balaban J connectivity index is 2.40. The number of carboxylic acid groups (broad SMARTS) is 1. The zero-order valence-corrected chi connectivity index (χ0v) is 11.2. The second-order valence-corrected chi connectivity index (χ2v) is 5.13. The average Bonchev–Trinajstić information content (AvgIpc) is 3.18. The number of carboxylic acids is 1. The predicted molar refractivity (Wildman–Crippen MR) is 70.2 cm³/mol. The first-order chi connectivity index (χ1) is 9.04. The van der Waals surface area contributed by atoms with E-state index in [-0.39, 0.29) is 12.3 Å². The van der Waals surface area contributed by atoms with Crippen LogP contribution in [-0.4, -0.2) is 18.2 Å². The topological polar surface area (TPSA) is 46.5 Å². The number of benzene rings is 1. The van der Waals surface area contributed by atoms with E-state index in [0.717, 1.165) is 18.4 Å². The van der Waals surface area contributed by atoms with Gasteiger partial charge in [0.05, 0.1) is 13.5 Å². The molecule has 1 aromatic rings. The van der Waals surface area contributed by atoms with E-state index in [0.29, 0.717) is 17.2 Å². The highest BCUT2D eigenvalue weighted by molar-refractivity contribution is 5.68.